The van der Waals surface area contributed by atoms with Gasteiger partial charge in [0.1, 0.15) is 0 Å². The van der Waals surface area contributed by atoms with Crippen LogP contribution in [0, 0.1) is 6.92 Å². The molecule has 0 unspecified atom stereocenters. The molecule has 2 aromatic carbocycles. The van der Waals surface area contributed by atoms with Crippen molar-refractivity contribution >= 4 is 34.1 Å². The maximum absolute atomic E-state index is 12.5. The topological polar surface area (TPSA) is 42.0 Å². The molecule has 104 valence electrons. The number of hydrogen-bond acceptors (Lipinski definition) is 2. The quantitative estimate of drug-likeness (QED) is 0.759. The molecule has 4 heteroatoms. The Morgan fingerprint density at radius 1 is 1.14 bits per heavy atom. The normalized spacial score (nSPS) is 10.6. The largest absolute Gasteiger partial charge is 0.322 e. The van der Waals surface area contributed by atoms with Crippen molar-refractivity contribution in [2.45, 2.75) is 6.92 Å². The van der Waals surface area contributed by atoms with E-state index >= 15 is 0 Å². The Hall–Kier alpha value is -2.39. The zero-order valence-electron chi connectivity index (χ0n) is 11.4. The number of benzene rings is 2. The molecule has 0 saturated carbocycles. The van der Waals surface area contributed by atoms with Crippen LogP contribution in [0.15, 0.2) is 54.7 Å². The van der Waals surface area contributed by atoms with Crippen LogP contribution in [0.2, 0.25) is 5.02 Å². The zero-order chi connectivity index (χ0) is 14.8. The van der Waals surface area contributed by atoms with Gasteiger partial charge >= 0.3 is 0 Å². The van der Waals surface area contributed by atoms with Gasteiger partial charge < -0.3 is 5.32 Å². The van der Waals surface area contributed by atoms with Crippen LogP contribution in [-0.2, 0) is 0 Å². The minimum Gasteiger partial charge on any atom is -0.322 e. The lowest BCUT2D eigenvalue weighted by molar-refractivity contribution is 0.102. The van der Waals surface area contributed by atoms with Crippen molar-refractivity contribution in [1.82, 2.24) is 4.98 Å². The number of aryl methyl sites for hydroxylation is 1. The summed E-state index contributed by atoms with van der Waals surface area (Å²) in [5.41, 5.74) is 3.08. The lowest BCUT2D eigenvalue weighted by atomic mass is 10.1. The molecule has 0 bridgehead atoms. The van der Waals surface area contributed by atoms with Crippen LogP contribution in [0.3, 0.4) is 0 Å². The Bertz CT molecular complexity index is 825. The molecule has 0 aliphatic carbocycles. The smallest absolute Gasteiger partial charge is 0.256 e. The molecule has 0 aliphatic rings. The summed E-state index contributed by atoms with van der Waals surface area (Å²) in [7, 11) is 0. The van der Waals surface area contributed by atoms with Gasteiger partial charge in [-0.15, -0.1) is 0 Å². The number of anilines is 1. The molecule has 0 spiro atoms. The Balaban J connectivity index is 1.99. The number of aromatic nitrogens is 1. The fourth-order valence-electron chi connectivity index (χ4n) is 2.22. The monoisotopic (exact) mass is 296 g/mol. The highest BCUT2D eigenvalue weighted by Gasteiger charge is 2.11. The second kappa shape index (κ2) is 5.54. The number of amides is 1. The first kappa shape index (κ1) is 13.6. The van der Waals surface area contributed by atoms with Crippen LogP contribution >= 0.6 is 11.6 Å². The van der Waals surface area contributed by atoms with E-state index in [1.807, 2.05) is 37.3 Å². The SMILES string of the molecule is Cc1ccc(Cl)cc1NC(=O)c1cccc2ncccc12. The number of halogens is 1. The molecule has 3 rings (SSSR count). The Morgan fingerprint density at radius 2 is 2.00 bits per heavy atom. The van der Waals surface area contributed by atoms with Gasteiger partial charge in [0.05, 0.1) is 5.52 Å². The van der Waals surface area contributed by atoms with E-state index in [1.54, 1.807) is 24.4 Å². The molecule has 0 saturated heterocycles. The number of nitrogens with zero attached hydrogens (tertiary/aromatic N) is 1. The van der Waals surface area contributed by atoms with Gasteiger partial charge in [0.15, 0.2) is 0 Å². The average Bonchev–Trinajstić information content (AvgIpc) is 2.50. The number of pyridine rings is 1. The third-order valence-electron chi connectivity index (χ3n) is 3.34. The summed E-state index contributed by atoms with van der Waals surface area (Å²) in [6.45, 7) is 1.93. The van der Waals surface area contributed by atoms with Crippen LogP contribution in [0.25, 0.3) is 10.9 Å². The highest BCUT2D eigenvalue weighted by Crippen LogP contribution is 2.22. The Kier molecular flexibility index (Phi) is 3.59. The van der Waals surface area contributed by atoms with Gasteiger partial charge in [0.25, 0.3) is 5.91 Å². The van der Waals surface area contributed by atoms with Crippen molar-refractivity contribution in [2.75, 3.05) is 5.32 Å². The molecular formula is C17H13ClN2O. The molecule has 0 fully saturated rings. The zero-order valence-corrected chi connectivity index (χ0v) is 12.2. The Labute approximate surface area is 127 Å². The number of hydrogen-bond donors (Lipinski definition) is 1. The van der Waals surface area contributed by atoms with Gasteiger partial charge in [-0.3, -0.25) is 9.78 Å². The van der Waals surface area contributed by atoms with Gasteiger partial charge in [-0.2, -0.15) is 0 Å². The number of carbonyl (C=O) groups is 1. The standard InChI is InChI=1S/C17H13ClN2O/c1-11-7-8-12(18)10-16(11)20-17(21)14-4-2-6-15-13(14)5-3-9-19-15/h2-10H,1H3,(H,20,21). The van der Waals surface area contributed by atoms with Crippen molar-refractivity contribution in [1.29, 1.82) is 0 Å². The number of rotatable bonds is 2. The van der Waals surface area contributed by atoms with Crippen molar-refractivity contribution in [3.8, 4) is 0 Å². The van der Waals surface area contributed by atoms with E-state index in [1.165, 1.54) is 0 Å². The fraction of sp³-hybridized carbons (Fsp3) is 0.0588. The van der Waals surface area contributed by atoms with E-state index in [0.717, 1.165) is 16.5 Å². The van der Waals surface area contributed by atoms with Crippen molar-refractivity contribution in [3.05, 3.63) is 70.9 Å². The molecule has 1 amide bonds. The molecule has 21 heavy (non-hydrogen) atoms. The predicted molar refractivity (Wildman–Crippen MR) is 85.9 cm³/mol. The van der Waals surface area contributed by atoms with E-state index in [9.17, 15) is 4.79 Å². The number of carbonyl (C=O) groups excluding carboxylic acids is 1. The molecule has 1 aromatic heterocycles. The summed E-state index contributed by atoms with van der Waals surface area (Å²) in [6.07, 6.45) is 1.71. The van der Waals surface area contributed by atoms with Gasteiger partial charge in [0, 0.05) is 27.9 Å². The second-order valence-corrected chi connectivity index (χ2v) is 5.23. The molecule has 0 aliphatic heterocycles. The Morgan fingerprint density at radius 3 is 2.86 bits per heavy atom. The summed E-state index contributed by atoms with van der Waals surface area (Å²) < 4.78 is 0. The van der Waals surface area contributed by atoms with Crippen LogP contribution in [0.4, 0.5) is 5.69 Å². The average molecular weight is 297 g/mol. The van der Waals surface area contributed by atoms with E-state index < -0.39 is 0 Å². The lowest BCUT2D eigenvalue weighted by Gasteiger charge is -2.10. The van der Waals surface area contributed by atoms with E-state index in [-0.39, 0.29) is 5.91 Å². The summed E-state index contributed by atoms with van der Waals surface area (Å²) in [5.74, 6) is -0.168. The first-order chi connectivity index (χ1) is 10.1. The number of nitrogens with one attached hydrogen (secondary N) is 1. The van der Waals surface area contributed by atoms with Gasteiger partial charge in [0.2, 0.25) is 0 Å². The summed E-state index contributed by atoms with van der Waals surface area (Å²) in [4.78, 5) is 16.8. The minimum absolute atomic E-state index is 0.168. The maximum Gasteiger partial charge on any atom is 0.256 e. The fourth-order valence-corrected chi connectivity index (χ4v) is 2.39. The van der Waals surface area contributed by atoms with Crippen molar-refractivity contribution < 1.29 is 4.79 Å². The van der Waals surface area contributed by atoms with E-state index in [4.69, 9.17) is 11.6 Å². The van der Waals surface area contributed by atoms with Crippen LogP contribution in [0.5, 0.6) is 0 Å². The van der Waals surface area contributed by atoms with Gasteiger partial charge in [-0.25, -0.2) is 0 Å². The highest BCUT2D eigenvalue weighted by molar-refractivity contribution is 6.31. The molecule has 1 N–H and O–H groups in total. The van der Waals surface area contributed by atoms with Gasteiger partial charge in [-0.1, -0.05) is 29.8 Å². The second-order valence-electron chi connectivity index (χ2n) is 4.79. The molecule has 3 aromatic rings. The third-order valence-corrected chi connectivity index (χ3v) is 3.57. The highest BCUT2D eigenvalue weighted by atomic mass is 35.5. The van der Waals surface area contributed by atoms with Gasteiger partial charge in [-0.05, 0) is 42.8 Å². The van der Waals surface area contributed by atoms with Crippen molar-refractivity contribution in [2.24, 2.45) is 0 Å². The van der Waals surface area contributed by atoms with E-state index in [0.29, 0.717) is 16.3 Å². The lowest BCUT2D eigenvalue weighted by Crippen LogP contribution is -2.13. The van der Waals surface area contributed by atoms with E-state index in [2.05, 4.69) is 10.3 Å². The maximum atomic E-state index is 12.5. The molecule has 3 nitrogen and oxygen atoms in total. The molecular weight excluding hydrogens is 284 g/mol. The number of fused-ring (bicyclic) bond motifs is 1. The minimum atomic E-state index is -0.168. The van der Waals surface area contributed by atoms with Crippen LogP contribution in [-0.4, -0.2) is 10.9 Å². The third kappa shape index (κ3) is 2.73. The first-order valence-electron chi connectivity index (χ1n) is 6.56. The summed E-state index contributed by atoms with van der Waals surface area (Å²) in [6, 6.07) is 14.6. The van der Waals surface area contributed by atoms with Crippen LogP contribution in [0.1, 0.15) is 15.9 Å². The molecule has 1 heterocycles. The first-order valence-corrected chi connectivity index (χ1v) is 6.94. The molecule has 0 radical (unpaired) electrons. The predicted octanol–water partition coefficient (Wildman–Crippen LogP) is 4.45. The van der Waals surface area contributed by atoms with Crippen molar-refractivity contribution in [3.63, 3.8) is 0 Å². The summed E-state index contributed by atoms with van der Waals surface area (Å²) in [5, 5.41) is 4.33. The summed E-state index contributed by atoms with van der Waals surface area (Å²) >= 11 is 5.98. The molecule has 0 atom stereocenters. The van der Waals surface area contributed by atoms with Crippen LogP contribution < -0.4 is 5.32 Å².